The first-order chi connectivity index (χ1) is 26.1. The van der Waals surface area contributed by atoms with Crippen LogP contribution in [0.3, 0.4) is 0 Å². The molecule has 0 unspecified atom stereocenters. The summed E-state index contributed by atoms with van der Waals surface area (Å²) >= 11 is 0. The zero-order valence-electron chi connectivity index (χ0n) is 29.8. The fraction of sp³-hybridized carbons (Fsp3) is 0.421. The van der Waals surface area contributed by atoms with Crippen molar-refractivity contribution in [3.8, 4) is 17.2 Å². The number of amides is 2. The molecule has 2 aliphatic rings. The van der Waals surface area contributed by atoms with Gasteiger partial charge in [0, 0.05) is 18.2 Å². The van der Waals surface area contributed by atoms with E-state index in [2.05, 4.69) is 4.84 Å². The van der Waals surface area contributed by atoms with E-state index >= 15 is 0 Å². The van der Waals surface area contributed by atoms with Crippen LogP contribution in [0.2, 0.25) is 0 Å². The van der Waals surface area contributed by atoms with E-state index in [1.807, 2.05) is 24.3 Å². The van der Waals surface area contributed by atoms with Gasteiger partial charge in [-0.3, -0.25) is 4.79 Å². The molecule has 0 N–H and O–H groups in total. The first kappa shape index (κ1) is 39.7. The highest BCUT2D eigenvalue weighted by Crippen LogP contribution is 2.34. The zero-order chi connectivity index (χ0) is 38.5. The van der Waals surface area contributed by atoms with E-state index in [1.165, 1.54) is 4.90 Å². The molecule has 1 heterocycles. The molecule has 0 bridgehead atoms. The lowest BCUT2D eigenvalue weighted by atomic mass is 9.91. The summed E-state index contributed by atoms with van der Waals surface area (Å²) in [6.07, 6.45) is 2.38. The molecular weight excluding hydrogens is 715 g/mol. The molecule has 54 heavy (non-hydrogen) atoms. The number of methoxy groups -OCH3 is 1. The molecule has 0 radical (unpaired) electrons. The van der Waals surface area contributed by atoms with Crippen LogP contribution < -0.4 is 14.2 Å². The molecule has 0 spiro atoms. The fourth-order valence-electron chi connectivity index (χ4n) is 5.89. The summed E-state index contributed by atoms with van der Waals surface area (Å²) < 4.78 is 68.3. The molecule has 1 fully saturated rings. The van der Waals surface area contributed by atoms with Gasteiger partial charge in [-0.05, 0) is 85.2 Å². The molecule has 16 heteroatoms. The van der Waals surface area contributed by atoms with Crippen molar-refractivity contribution in [2.75, 3.05) is 66.4 Å². The average Bonchev–Trinajstić information content (AvgIpc) is 4.03. The van der Waals surface area contributed by atoms with Crippen LogP contribution >= 0.6 is 0 Å². The largest absolute Gasteiger partial charge is 0.497 e. The Morgan fingerprint density at radius 2 is 1.57 bits per heavy atom. The Kier molecular flexibility index (Phi) is 14.4. The van der Waals surface area contributed by atoms with Crippen molar-refractivity contribution in [1.29, 1.82) is 0 Å². The van der Waals surface area contributed by atoms with E-state index in [9.17, 15) is 32.9 Å². The topological polar surface area (TPSA) is 139 Å². The van der Waals surface area contributed by atoms with Gasteiger partial charge in [0.25, 0.3) is 11.0 Å². The molecular formula is C38H42F3N3O10. The van der Waals surface area contributed by atoms with Crippen LogP contribution in [0.1, 0.15) is 36.8 Å². The number of benzene rings is 3. The molecule has 1 aliphatic heterocycles. The van der Waals surface area contributed by atoms with Gasteiger partial charge in [0.05, 0.1) is 40.0 Å². The van der Waals surface area contributed by atoms with E-state index in [-0.39, 0.29) is 58.1 Å². The van der Waals surface area contributed by atoms with Crippen molar-refractivity contribution in [3.63, 3.8) is 0 Å². The van der Waals surface area contributed by atoms with E-state index in [1.54, 1.807) is 36.3 Å². The molecule has 1 aliphatic carbocycles. The van der Waals surface area contributed by atoms with Crippen molar-refractivity contribution in [2.45, 2.75) is 38.1 Å². The van der Waals surface area contributed by atoms with Gasteiger partial charge < -0.3 is 38.3 Å². The number of carbonyl (C=O) groups is 2. The summed E-state index contributed by atoms with van der Waals surface area (Å²) in [7, 11) is 1.58. The third-order valence-corrected chi connectivity index (χ3v) is 8.81. The standard InChI is InChI=1S/C38H42F3N3O10/c1-49-29-10-12-30(13-11-29)51-20-18-43(28-8-9-28)37(45)32-25-42(38(46)53-23-21-50-22-24-54-44(47)48)17-16-31(32)27-6-4-26(5-7-27)3-2-19-52-36-34(40)15-14-33(39)35(36)41/h4-7,10-15,28H,2-3,8-9,16-25H2,1H3. The molecule has 0 atom stereocenters. The van der Waals surface area contributed by atoms with E-state index in [0.29, 0.717) is 55.5 Å². The second-order valence-electron chi connectivity index (χ2n) is 12.5. The number of rotatable bonds is 20. The Bertz CT molecular complexity index is 1770. The monoisotopic (exact) mass is 757 g/mol. The highest BCUT2D eigenvalue weighted by Gasteiger charge is 2.37. The van der Waals surface area contributed by atoms with Crippen molar-refractivity contribution in [1.82, 2.24) is 9.80 Å². The van der Waals surface area contributed by atoms with Crippen molar-refractivity contribution < 1.29 is 56.4 Å². The summed E-state index contributed by atoms with van der Waals surface area (Å²) in [5.41, 5.74) is 2.99. The Morgan fingerprint density at radius 3 is 2.28 bits per heavy atom. The number of nitrogens with zero attached hydrogens (tertiary/aromatic N) is 3. The first-order valence-corrected chi connectivity index (χ1v) is 17.6. The lowest BCUT2D eigenvalue weighted by Gasteiger charge is -2.33. The zero-order valence-corrected chi connectivity index (χ0v) is 29.8. The molecule has 2 amide bonds. The Morgan fingerprint density at radius 1 is 0.870 bits per heavy atom. The maximum Gasteiger partial charge on any atom is 0.410 e. The predicted octanol–water partition coefficient (Wildman–Crippen LogP) is 6.01. The highest BCUT2D eigenvalue weighted by atomic mass is 19.2. The van der Waals surface area contributed by atoms with E-state index in [4.69, 9.17) is 23.7 Å². The normalized spacial score (nSPS) is 14.0. The third kappa shape index (κ3) is 11.2. The number of hydrogen-bond acceptors (Lipinski definition) is 10. The van der Waals surface area contributed by atoms with Crippen LogP contribution in [0.15, 0.2) is 66.2 Å². The predicted molar refractivity (Wildman–Crippen MR) is 188 cm³/mol. The maximum absolute atomic E-state index is 14.3. The number of halogens is 3. The molecule has 13 nitrogen and oxygen atoms in total. The second-order valence-corrected chi connectivity index (χ2v) is 12.5. The molecule has 3 aromatic carbocycles. The summed E-state index contributed by atoms with van der Waals surface area (Å²) in [5.74, 6) is -3.14. The number of carbonyl (C=O) groups excluding carboxylic acids is 2. The van der Waals surface area contributed by atoms with Crippen LogP contribution in [0, 0.1) is 27.6 Å². The fourth-order valence-corrected chi connectivity index (χ4v) is 5.89. The van der Waals surface area contributed by atoms with Gasteiger partial charge in [-0.25, -0.2) is 13.6 Å². The molecule has 5 rings (SSSR count). The van der Waals surface area contributed by atoms with Crippen LogP contribution in [-0.4, -0.2) is 99.3 Å². The van der Waals surface area contributed by atoms with Gasteiger partial charge in [0.1, 0.15) is 31.3 Å². The van der Waals surface area contributed by atoms with Gasteiger partial charge in [0.15, 0.2) is 17.4 Å². The van der Waals surface area contributed by atoms with Crippen molar-refractivity contribution in [3.05, 3.63) is 105 Å². The minimum absolute atomic E-state index is 0.00817. The molecule has 1 saturated carbocycles. The van der Waals surface area contributed by atoms with Gasteiger partial charge in [-0.1, -0.05) is 24.3 Å². The number of aryl methyl sites for hydroxylation is 1. The summed E-state index contributed by atoms with van der Waals surface area (Å²) in [4.78, 5) is 45.1. The lowest BCUT2D eigenvalue weighted by Crippen LogP contribution is -2.44. The molecule has 0 saturated heterocycles. The van der Waals surface area contributed by atoms with E-state index in [0.717, 1.165) is 35.6 Å². The van der Waals surface area contributed by atoms with Crippen molar-refractivity contribution in [2.24, 2.45) is 0 Å². The Hall–Kier alpha value is -5.51. The summed E-state index contributed by atoms with van der Waals surface area (Å²) in [5, 5.41) is 9.34. The average molecular weight is 758 g/mol. The van der Waals surface area contributed by atoms with Crippen molar-refractivity contribution >= 4 is 17.6 Å². The molecule has 3 aromatic rings. The SMILES string of the molecule is COc1ccc(OCCN(C(=O)C2=C(c3ccc(CCCOc4c(F)ccc(F)c4F)cc3)CCN(C(=O)OCCOCCO[N+](=O)[O-])C2)C2CC2)cc1. The van der Waals surface area contributed by atoms with Gasteiger partial charge >= 0.3 is 6.09 Å². The Balaban J connectivity index is 1.25. The highest BCUT2D eigenvalue weighted by molar-refractivity contribution is 6.03. The summed E-state index contributed by atoms with van der Waals surface area (Å²) in [6, 6.07) is 16.3. The second kappa shape index (κ2) is 19.5. The molecule has 290 valence electrons. The van der Waals surface area contributed by atoms with Gasteiger partial charge in [-0.2, -0.15) is 4.39 Å². The minimum atomic E-state index is -1.37. The lowest BCUT2D eigenvalue weighted by molar-refractivity contribution is -0.758. The smallest absolute Gasteiger partial charge is 0.410 e. The number of hydrogen-bond donors (Lipinski definition) is 0. The quantitative estimate of drug-likeness (QED) is 0.0583. The first-order valence-electron chi connectivity index (χ1n) is 17.6. The van der Waals surface area contributed by atoms with Crippen LogP contribution in [0.5, 0.6) is 17.2 Å². The van der Waals surface area contributed by atoms with E-state index < -0.39 is 34.4 Å². The van der Waals surface area contributed by atoms with Crippen LogP contribution in [-0.2, 0) is 25.5 Å². The van der Waals surface area contributed by atoms with Gasteiger partial charge in [-0.15, -0.1) is 10.1 Å². The molecule has 0 aromatic heterocycles. The number of ether oxygens (including phenoxy) is 5. The van der Waals surface area contributed by atoms with Crippen LogP contribution in [0.4, 0.5) is 18.0 Å². The summed E-state index contributed by atoms with van der Waals surface area (Å²) in [6.45, 7) is 0.480. The Labute approximate surface area is 310 Å². The minimum Gasteiger partial charge on any atom is -0.497 e. The van der Waals surface area contributed by atoms with Gasteiger partial charge in [0.2, 0.25) is 5.82 Å². The third-order valence-electron chi connectivity index (χ3n) is 8.81. The maximum atomic E-state index is 14.3. The van der Waals surface area contributed by atoms with Crippen LogP contribution in [0.25, 0.3) is 5.57 Å².